The summed E-state index contributed by atoms with van der Waals surface area (Å²) >= 11 is 0. The molecule has 1 aliphatic rings. The first kappa shape index (κ1) is 11.8. The van der Waals surface area contributed by atoms with Crippen molar-refractivity contribution in [2.75, 3.05) is 20.2 Å². The Morgan fingerprint density at radius 1 is 1.40 bits per heavy atom. The van der Waals surface area contributed by atoms with Gasteiger partial charge in [0.2, 0.25) is 5.91 Å². The van der Waals surface area contributed by atoms with Gasteiger partial charge in [0.1, 0.15) is 0 Å². The fraction of sp³-hybridized carbons (Fsp3) is 0.636. The normalized spacial score (nSPS) is 25.9. The molecule has 1 saturated heterocycles. The Morgan fingerprint density at radius 2 is 2.07 bits per heavy atom. The number of nitrogens with zero attached hydrogens (tertiary/aromatic N) is 1. The number of likely N-dealkylation sites (tertiary alicyclic amines) is 1. The number of allylic oxidation sites excluding steroid dienone is 1. The summed E-state index contributed by atoms with van der Waals surface area (Å²) in [5.41, 5.74) is 0. The van der Waals surface area contributed by atoms with Gasteiger partial charge in [-0.05, 0) is 18.9 Å². The van der Waals surface area contributed by atoms with Crippen LogP contribution in [0.15, 0.2) is 12.2 Å². The van der Waals surface area contributed by atoms with Gasteiger partial charge in [0.15, 0.2) is 0 Å². The number of amides is 1. The topological polar surface area (TPSA) is 46.6 Å². The first-order valence-corrected chi connectivity index (χ1v) is 5.09. The number of methoxy groups -OCH3 is 1. The van der Waals surface area contributed by atoms with Gasteiger partial charge in [0, 0.05) is 13.1 Å². The van der Waals surface area contributed by atoms with Gasteiger partial charge in [-0.15, -0.1) is 0 Å². The first-order valence-electron chi connectivity index (χ1n) is 5.09. The highest BCUT2D eigenvalue weighted by molar-refractivity contribution is 5.88. The van der Waals surface area contributed by atoms with Gasteiger partial charge >= 0.3 is 5.97 Å². The highest BCUT2D eigenvalue weighted by atomic mass is 16.5. The summed E-state index contributed by atoms with van der Waals surface area (Å²) in [5.74, 6) is -0.259. The van der Waals surface area contributed by atoms with E-state index in [1.165, 1.54) is 13.2 Å². The zero-order chi connectivity index (χ0) is 11.4. The highest BCUT2D eigenvalue weighted by Gasteiger charge is 2.36. The van der Waals surface area contributed by atoms with Crippen molar-refractivity contribution in [1.29, 1.82) is 0 Å². The first-order chi connectivity index (χ1) is 7.10. The Bertz CT molecular complexity index is 286. The minimum atomic E-state index is -0.224. The summed E-state index contributed by atoms with van der Waals surface area (Å²) in [6.45, 7) is 4.86. The quantitative estimate of drug-likeness (QED) is 0.502. The fourth-order valence-corrected chi connectivity index (χ4v) is 1.85. The molecule has 1 heterocycles. The maximum absolute atomic E-state index is 11.5. The maximum atomic E-state index is 11.5. The molecule has 0 aromatic rings. The molecule has 0 radical (unpaired) electrons. The van der Waals surface area contributed by atoms with E-state index in [2.05, 4.69) is 0 Å². The van der Waals surface area contributed by atoms with Crippen molar-refractivity contribution < 1.29 is 14.3 Å². The third-order valence-electron chi connectivity index (χ3n) is 2.74. The lowest BCUT2D eigenvalue weighted by Crippen LogP contribution is -2.28. The van der Waals surface area contributed by atoms with Gasteiger partial charge in [0.25, 0.3) is 0 Å². The lowest BCUT2D eigenvalue weighted by molar-refractivity contribution is -0.146. The van der Waals surface area contributed by atoms with Gasteiger partial charge in [-0.3, -0.25) is 9.59 Å². The lowest BCUT2D eigenvalue weighted by atomic mass is 9.99. The molecule has 1 aliphatic heterocycles. The van der Waals surface area contributed by atoms with E-state index in [-0.39, 0.29) is 23.7 Å². The van der Waals surface area contributed by atoms with Crippen molar-refractivity contribution >= 4 is 11.9 Å². The lowest BCUT2D eigenvalue weighted by Gasteiger charge is -2.13. The molecule has 0 aliphatic carbocycles. The second kappa shape index (κ2) is 4.96. The maximum Gasteiger partial charge on any atom is 0.310 e. The molecule has 1 fully saturated rings. The van der Waals surface area contributed by atoms with Crippen LogP contribution in [0.4, 0.5) is 0 Å². The van der Waals surface area contributed by atoms with Crippen molar-refractivity contribution in [3.63, 3.8) is 0 Å². The molecule has 4 nitrogen and oxygen atoms in total. The van der Waals surface area contributed by atoms with Crippen LogP contribution in [0.3, 0.4) is 0 Å². The molecule has 0 saturated carbocycles. The summed E-state index contributed by atoms with van der Waals surface area (Å²) in [5, 5.41) is 0. The van der Waals surface area contributed by atoms with Crippen molar-refractivity contribution in [3.8, 4) is 0 Å². The predicted molar refractivity (Wildman–Crippen MR) is 56.1 cm³/mol. The summed E-state index contributed by atoms with van der Waals surface area (Å²) < 4.78 is 4.70. The SMILES string of the molecule is CC=CC(=O)N1CC(C)C(C(=O)OC)C1. The third kappa shape index (κ3) is 2.58. The Balaban J connectivity index is 2.63. The van der Waals surface area contributed by atoms with Crippen LogP contribution in [0.5, 0.6) is 0 Å². The molecule has 0 aromatic carbocycles. The second-order valence-corrected chi connectivity index (χ2v) is 3.85. The average Bonchev–Trinajstić information content (AvgIpc) is 2.60. The van der Waals surface area contributed by atoms with Gasteiger partial charge in [-0.2, -0.15) is 0 Å². The van der Waals surface area contributed by atoms with Crippen molar-refractivity contribution in [1.82, 2.24) is 4.90 Å². The third-order valence-corrected chi connectivity index (χ3v) is 2.74. The molecule has 1 rings (SSSR count). The van der Waals surface area contributed by atoms with Crippen molar-refractivity contribution in [3.05, 3.63) is 12.2 Å². The van der Waals surface area contributed by atoms with E-state index in [0.29, 0.717) is 13.1 Å². The minimum absolute atomic E-state index is 0.0317. The van der Waals surface area contributed by atoms with E-state index in [1.807, 2.05) is 6.92 Å². The molecule has 4 heteroatoms. The summed E-state index contributed by atoms with van der Waals surface area (Å²) in [7, 11) is 1.38. The monoisotopic (exact) mass is 211 g/mol. The molecule has 2 unspecified atom stereocenters. The largest absolute Gasteiger partial charge is 0.469 e. The van der Waals surface area contributed by atoms with Gasteiger partial charge in [-0.1, -0.05) is 13.0 Å². The highest BCUT2D eigenvalue weighted by Crippen LogP contribution is 2.24. The molecule has 0 spiro atoms. The average molecular weight is 211 g/mol. The standard InChI is InChI=1S/C11H17NO3/c1-4-5-10(13)12-6-8(2)9(7-12)11(14)15-3/h4-5,8-9H,6-7H2,1-3H3. The van der Waals surface area contributed by atoms with E-state index in [9.17, 15) is 9.59 Å². The van der Waals surface area contributed by atoms with Crippen molar-refractivity contribution in [2.45, 2.75) is 13.8 Å². The molecular formula is C11H17NO3. The molecule has 0 N–H and O–H groups in total. The van der Waals surface area contributed by atoms with Crippen molar-refractivity contribution in [2.24, 2.45) is 11.8 Å². The van der Waals surface area contributed by atoms with Crippen LogP contribution in [-0.2, 0) is 14.3 Å². The van der Waals surface area contributed by atoms with Crippen LogP contribution in [0.1, 0.15) is 13.8 Å². The number of carbonyl (C=O) groups is 2. The Morgan fingerprint density at radius 3 is 2.60 bits per heavy atom. The van der Waals surface area contributed by atoms with Crippen LogP contribution >= 0.6 is 0 Å². The molecule has 84 valence electrons. The van der Waals surface area contributed by atoms with E-state index in [1.54, 1.807) is 17.9 Å². The fourth-order valence-electron chi connectivity index (χ4n) is 1.85. The molecule has 0 aromatic heterocycles. The van der Waals surface area contributed by atoms with Crippen LogP contribution in [0.25, 0.3) is 0 Å². The predicted octanol–water partition coefficient (Wildman–Crippen LogP) is 0.830. The number of esters is 1. The number of hydrogen-bond donors (Lipinski definition) is 0. The van der Waals surface area contributed by atoms with Crippen LogP contribution in [0, 0.1) is 11.8 Å². The Kier molecular flexibility index (Phi) is 3.88. The molecule has 15 heavy (non-hydrogen) atoms. The zero-order valence-electron chi connectivity index (χ0n) is 9.40. The van der Waals surface area contributed by atoms with E-state index in [4.69, 9.17) is 4.74 Å². The molecule has 2 atom stereocenters. The number of hydrogen-bond acceptors (Lipinski definition) is 3. The number of rotatable bonds is 2. The van der Waals surface area contributed by atoms with Crippen LogP contribution < -0.4 is 0 Å². The second-order valence-electron chi connectivity index (χ2n) is 3.85. The van der Waals surface area contributed by atoms with Gasteiger partial charge in [0.05, 0.1) is 13.0 Å². The molecular weight excluding hydrogens is 194 g/mol. The summed E-state index contributed by atoms with van der Waals surface area (Å²) in [6, 6.07) is 0. The smallest absolute Gasteiger partial charge is 0.310 e. The Labute approximate surface area is 89.9 Å². The van der Waals surface area contributed by atoms with E-state index in [0.717, 1.165) is 0 Å². The van der Waals surface area contributed by atoms with Crippen LogP contribution in [-0.4, -0.2) is 37.0 Å². The van der Waals surface area contributed by atoms with Crippen LogP contribution in [0.2, 0.25) is 0 Å². The molecule has 1 amide bonds. The summed E-state index contributed by atoms with van der Waals surface area (Å²) in [6.07, 6.45) is 3.23. The number of carbonyl (C=O) groups excluding carboxylic acids is 2. The Hall–Kier alpha value is -1.32. The van der Waals surface area contributed by atoms with E-state index < -0.39 is 0 Å². The minimum Gasteiger partial charge on any atom is -0.469 e. The van der Waals surface area contributed by atoms with Gasteiger partial charge in [-0.25, -0.2) is 0 Å². The zero-order valence-corrected chi connectivity index (χ0v) is 9.40. The molecule has 0 bridgehead atoms. The number of ether oxygens (including phenoxy) is 1. The summed E-state index contributed by atoms with van der Waals surface area (Å²) in [4.78, 5) is 24.6. The van der Waals surface area contributed by atoms with Gasteiger partial charge < -0.3 is 9.64 Å². The van der Waals surface area contributed by atoms with E-state index >= 15 is 0 Å².